The SMILES string of the molecule is O=C(CN(c1ccccc1)S(=O)(=O)c1ccc(Cl)c([N+](=O)[O-])c1)NCc1ccc(F)cc1. The van der Waals surface area contributed by atoms with Gasteiger partial charge < -0.3 is 5.32 Å². The highest BCUT2D eigenvalue weighted by Crippen LogP contribution is 2.30. The molecule has 3 rings (SSSR count). The molecule has 0 radical (unpaired) electrons. The van der Waals surface area contributed by atoms with Crippen LogP contribution in [0.15, 0.2) is 77.7 Å². The van der Waals surface area contributed by atoms with Crippen LogP contribution in [0.2, 0.25) is 5.02 Å². The molecule has 1 amide bonds. The van der Waals surface area contributed by atoms with Crippen LogP contribution in [-0.4, -0.2) is 25.8 Å². The van der Waals surface area contributed by atoms with Crippen molar-refractivity contribution in [1.29, 1.82) is 0 Å². The minimum absolute atomic E-state index is 0.0637. The van der Waals surface area contributed by atoms with Crippen LogP contribution in [0.3, 0.4) is 0 Å². The molecule has 0 fully saturated rings. The molecule has 8 nitrogen and oxygen atoms in total. The van der Waals surface area contributed by atoms with Gasteiger partial charge in [0.05, 0.1) is 15.5 Å². The van der Waals surface area contributed by atoms with Gasteiger partial charge in [0.15, 0.2) is 0 Å². The van der Waals surface area contributed by atoms with Crippen LogP contribution in [-0.2, 0) is 21.4 Å². The molecular formula is C21H17ClFN3O5S. The Morgan fingerprint density at radius 2 is 1.72 bits per heavy atom. The molecule has 0 aromatic heterocycles. The van der Waals surface area contributed by atoms with Crippen LogP contribution < -0.4 is 9.62 Å². The molecule has 0 unspecified atom stereocenters. The highest BCUT2D eigenvalue weighted by atomic mass is 35.5. The Morgan fingerprint density at radius 3 is 2.34 bits per heavy atom. The number of nitro benzene ring substituents is 1. The number of anilines is 1. The van der Waals surface area contributed by atoms with Crippen LogP contribution in [0.1, 0.15) is 5.56 Å². The van der Waals surface area contributed by atoms with E-state index < -0.39 is 38.9 Å². The Bertz CT molecular complexity index is 1240. The number of rotatable bonds is 8. The van der Waals surface area contributed by atoms with Gasteiger partial charge in [0.2, 0.25) is 5.91 Å². The van der Waals surface area contributed by atoms with Crippen molar-refractivity contribution >= 4 is 38.9 Å². The smallest absolute Gasteiger partial charge is 0.289 e. The van der Waals surface area contributed by atoms with Gasteiger partial charge in [0.1, 0.15) is 17.4 Å². The molecule has 0 heterocycles. The fourth-order valence-electron chi connectivity index (χ4n) is 2.82. The number of carbonyl (C=O) groups is 1. The molecular weight excluding hydrogens is 461 g/mol. The topological polar surface area (TPSA) is 110 Å². The van der Waals surface area contributed by atoms with Crippen molar-refractivity contribution in [3.63, 3.8) is 0 Å². The van der Waals surface area contributed by atoms with Crippen LogP contribution in [0.25, 0.3) is 0 Å². The van der Waals surface area contributed by atoms with Crippen molar-refractivity contribution in [3.8, 4) is 0 Å². The van der Waals surface area contributed by atoms with Gasteiger partial charge in [0.25, 0.3) is 15.7 Å². The van der Waals surface area contributed by atoms with E-state index >= 15 is 0 Å². The second-order valence-corrected chi connectivity index (χ2v) is 8.89. The monoisotopic (exact) mass is 477 g/mol. The molecule has 3 aromatic carbocycles. The summed E-state index contributed by atoms with van der Waals surface area (Å²) in [5.41, 5.74) is 0.255. The second-order valence-electron chi connectivity index (χ2n) is 6.62. The average molecular weight is 478 g/mol. The number of halogens is 2. The van der Waals surface area contributed by atoms with Crippen molar-refractivity contribution in [2.75, 3.05) is 10.8 Å². The molecule has 0 saturated heterocycles. The van der Waals surface area contributed by atoms with E-state index in [1.165, 1.54) is 36.4 Å². The number of hydrogen-bond donors (Lipinski definition) is 1. The first-order valence-electron chi connectivity index (χ1n) is 9.21. The zero-order chi connectivity index (χ0) is 23.3. The molecule has 3 aromatic rings. The quantitative estimate of drug-likeness (QED) is 0.391. The number of nitrogens with one attached hydrogen (secondary N) is 1. The van der Waals surface area contributed by atoms with Gasteiger partial charge >= 0.3 is 0 Å². The number of nitrogens with zero attached hydrogens (tertiary/aromatic N) is 2. The van der Waals surface area contributed by atoms with Crippen LogP contribution in [0, 0.1) is 15.9 Å². The summed E-state index contributed by atoms with van der Waals surface area (Å²) in [4.78, 5) is 22.6. The summed E-state index contributed by atoms with van der Waals surface area (Å²) in [7, 11) is -4.35. The predicted molar refractivity (Wildman–Crippen MR) is 117 cm³/mol. The zero-order valence-electron chi connectivity index (χ0n) is 16.4. The Hall–Kier alpha value is -3.50. The Balaban J connectivity index is 1.89. The fraction of sp³-hybridized carbons (Fsp3) is 0.0952. The van der Waals surface area contributed by atoms with Gasteiger partial charge in [-0.3, -0.25) is 19.2 Å². The first-order valence-corrected chi connectivity index (χ1v) is 11.0. The normalized spacial score (nSPS) is 11.1. The highest BCUT2D eigenvalue weighted by Gasteiger charge is 2.29. The van der Waals surface area contributed by atoms with Gasteiger partial charge in [-0.1, -0.05) is 41.9 Å². The van der Waals surface area contributed by atoms with Crippen molar-refractivity contribution < 1.29 is 22.5 Å². The summed E-state index contributed by atoms with van der Waals surface area (Å²) < 4.78 is 40.5. The third-order valence-corrected chi connectivity index (χ3v) is 6.53. The summed E-state index contributed by atoms with van der Waals surface area (Å²) in [5, 5.41) is 13.6. The summed E-state index contributed by atoms with van der Waals surface area (Å²) >= 11 is 5.79. The van der Waals surface area contributed by atoms with Crippen molar-refractivity contribution in [2.24, 2.45) is 0 Å². The maximum Gasteiger partial charge on any atom is 0.289 e. The van der Waals surface area contributed by atoms with Crippen molar-refractivity contribution in [3.05, 3.63) is 99.3 Å². The summed E-state index contributed by atoms with van der Waals surface area (Å²) in [5.74, 6) is -1.04. The fourth-order valence-corrected chi connectivity index (χ4v) is 4.45. The molecule has 1 N–H and O–H groups in total. The van der Waals surface area contributed by atoms with Gasteiger partial charge in [-0.2, -0.15) is 0 Å². The highest BCUT2D eigenvalue weighted by molar-refractivity contribution is 7.92. The molecule has 0 saturated carbocycles. The van der Waals surface area contributed by atoms with Crippen molar-refractivity contribution in [1.82, 2.24) is 5.32 Å². The van der Waals surface area contributed by atoms with Gasteiger partial charge in [-0.05, 0) is 42.0 Å². The first kappa shape index (κ1) is 23.2. The van der Waals surface area contributed by atoms with Gasteiger partial charge in [0, 0.05) is 12.6 Å². The minimum Gasteiger partial charge on any atom is -0.350 e. The van der Waals surface area contributed by atoms with Crippen LogP contribution in [0.4, 0.5) is 15.8 Å². The Labute approximate surface area is 188 Å². The summed E-state index contributed by atoms with van der Waals surface area (Å²) in [6.07, 6.45) is 0. The van der Waals surface area contributed by atoms with E-state index in [9.17, 15) is 27.7 Å². The Morgan fingerprint density at radius 1 is 1.06 bits per heavy atom. The average Bonchev–Trinajstić information content (AvgIpc) is 2.77. The standard InChI is InChI=1S/C21H17ClFN3O5S/c22-19-11-10-18(12-20(19)26(28)29)32(30,31)25(17-4-2-1-3-5-17)14-21(27)24-13-15-6-8-16(23)9-7-15/h1-12H,13-14H2,(H,24,27). The number of sulfonamides is 1. The molecule has 32 heavy (non-hydrogen) atoms. The molecule has 166 valence electrons. The number of para-hydroxylation sites is 1. The van der Waals surface area contributed by atoms with Crippen LogP contribution >= 0.6 is 11.6 Å². The molecule has 0 aliphatic rings. The number of amides is 1. The second kappa shape index (κ2) is 9.75. The Kier molecular flexibility index (Phi) is 7.06. The van der Waals surface area contributed by atoms with E-state index in [0.29, 0.717) is 5.56 Å². The number of carbonyl (C=O) groups excluding carboxylic acids is 1. The lowest BCUT2D eigenvalue weighted by Crippen LogP contribution is -2.40. The summed E-state index contributed by atoms with van der Waals surface area (Å²) in [6.45, 7) is -0.516. The van der Waals surface area contributed by atoms with E-state index in [4.69, 9.17) is 11.6 Å². The summed E-state index contributed by atoms with van der Waals surface area (Å²) in [6, 6.07) is 16.4. The van der Waals surface area contributed by atoms with E-state index in [-0.39, 0.29) is 22.2 Å². The molecule has 0 atom stereocenters. The maximum absolute atomic E-state index is 13.3. The lowest BCUT2D eigenvalue weighted by molar-refractivity contribution is -0.384. The molecule has 0 bridgehead atoms. The molecule has 0 aliphatic heterocycles. The largest absolute Gasteiger partial charge is 0.350 e. The molecule has 0 spiro atoms. The number of hydrogen-bond acceptors (Lipinski definition) is 5. The minimum atomic E-state index is -4.35. The van der Waals surface area contributed by atoms with Gasteiger partial charge in [-0.15, -0.1) is 0 Å². The number of nitro groups is 1. The zero-order valence-corrected chi connectivity index (χ0v) is 18.0. The van der Waals surface area contributed by atoms with E-state index in [1.807, 2.05) is 0 Å². The molecule has 11 heteroatoms. The van der Waals surface area contributed by atoms with Crippen molar-refractivity contribution in [2.45, 2.75) is 11.4 Å². The molecule has 0 aliphatic carbocycles. The maximum atomic E-state index is 13.3. The van der Waals surface area contributed by atoms with Crippen LogP contribution in [0.5, 0.6) is 0 Å². The lowest BCUT2D eigenvalue weighted by Gasteiger charge is -2.24. The van der Waals surface area contributed by atoms with Gasteiger partial charge in [-0.25, -0.2) is 12.8 Å². The lowest BCUT2D eigenvalue weighted by atomic mass is 10.2. The van der Waals surface area contributed by atoms with E-state index in [1.54, 1.807) is 18.2 Å². The number of benzene rings is 3. The third kappa shape index (κ3) is 5.40. The van der Waals surface area contributed by atoms with E-state index in [2.05, 4.69) is 5.32 Å². The third-order valence-electron chi connectivity index (χ3n) is 4.44. The predicted octanol–water partition coefficient (Wildman–Crippen LogP) is 3.90. The van der Waals surface area contributed by atoms with E-state index in [0.717, 1.165) is 22.5 Å². The first-order chi connectivity index (χ1) is 15.2.